The molecule has 1 amide bonds. The van der Waals surface area contributed by atoms with Crippen LogP contribution in [0.15, 0.2) is 26.2 Å². The molecule has 1 atom stereocenters. The zero-order valence-corrected chi connectivity index (χ0v) is 15.9. The van der Waals surface area contributed by atoms with Crippen molar-refractivity contribution >= 4 is 16.9 Å². The van der Waals surface area contributed by atoms with E-state index in [1.165, 1.54) is 24.7 Å². The maximum atomic E-state index is 13.0. The highest BCUT2D eigenvalue weighted by Crippen LogP contribution is 2.26. The first kappa shape index (κ1) is 18.1. The molecule has 3 aromatic rings. The molecule has 1 unspecified atom stereocenters. The lowest BCUT2D eigenvalue weighted by Gasteiger charge is -2.30. The highest BCUT2D eigenvalue weighted by molar-refractivity contribution is 5.94. The molecule has 28 heavy (non-hydrogen) atoms. The van der Waals surface area contributed by atoms with Crippen LogP contribution in [0.1, 0.15) is 41.0 Å². The normalized spacial score (nSPS) is 17.2. The molecule has 0 N–H and O–H groups in total. The average molecular weight is 384 g/mol. The summed E-state index contributed by atoms with van der Waals surface area (Å²) in [5, 5.41) is 4.11. The number of hydrogen-bond acceptors (Lipinski definition) is 7. The second-order valence-corrected chi connectivity index (χ2v) is 7.04. The highest BCUT2D eigenvalue weighted by Gasteiger charge is 2.29. The van der Waals surface area contributed by atoms with Crippen LogP contribution in [0.2, 0.25) is 0 Å². The minimum Gasteiger partial charge on any atom is -0.339 e. The molecule has 0 spiro atoms. The van der Waals surface area contributed by atoms with Crippen molar-refractivity contribution in [1.82, 2.24) is 29.2 Å². The summed E-state index contributed by atoms with van der Waals surface area (Å²) in [6.07, 6.45) is 1.67. The van der Waals surface area contributed by atoms with Gasteiger partial charge in [0.25, 0.3) is 11.5 Å². The quantitative estimate of drug-likeness (QED) is 0.625. The van der Waals surface area contributed by atoms with Crippen molar-refractivity contribution in [2.24, 2.45) is 14.1 Å². The van der Waals surface area contributed by atoms with Gasteiger partial charge in [-0.3, -0.25) is 18.7 Å². The van der Waals surface area contributed by atoms with Crippen molar-refractivity contribution < 1.29 is 9.32 Å². The van der Waals surface area contributed by atoms with E-state index in [4.69, 9.17) is 4.52 Å². The zero-order valence-electron chi connectivity index (χ0n) is 15.9. The molecular weight excluding hydrogens is 364 g/mol. The molecule has 1 aliphatic rings. The van der Waals surface area contributed by atoms with Crippen LogP contribution in [0.25, 0.3) is 11.0 Å². The van der Waals surface area contributed by atoms with Gasteiger partial charge in [-0.25, -0.2) is 9.78 Å². The van der Waals surface area contributed by atoms with Crippen molar-refractivity contribution in [3.63, 3.8) is 0 Å². The van der Waals surface area contributed by atoms with E-state index >= 15 is 0 Å². The molecule has 0 bridgehead atoms. The molecule has 0 radical (unpaired) electrons. The zero-order chi connectivity index (χ0) is 20.0. The highest BCUT2D eigenvalue weighted by atomic mass is 16.5. The van der Waals surface area contributed by atoms with Crippen LogP contribution in [0.4, 0.5) is 0 Å². The number of hydrogen-bond donors (Lipinski definition) is 0. The fourth-order valence-electron chi connectivity index (χ4n) is 3.58. The van der Waals surface area contributed by atoms with E-state index in [1.807, 2.05) is 0 Å². The van der Waals surface area contributed by atoms with Crippen molar-refractivity contribution in [1.29, 1.82) is 0 Å². The fraction of sp³-hybridized carbons (Fsp3) is 0.444. The number of likely N-dealkylation sites (tertiary alicyclic amines) is 1. The van der Waals surface area contributed by atoms with Gasteiger partial charge in [0.15, 0.2) is 5.82 Å². The van der Waals surface area contributed by atoms with Gasteiger partial charge in [-0.05, 0) is 31.9 Å². The molecule has 0 saturated carbocycles. The van der Waals surface area contributed by atoms with Gasteiger partial charge in [0.1, 0.15) is 11.3 Å². The Bertz CT molecular complexity index is 1190. The lowest BCUT2D eigenvalue weighted by molar-refractivity contribution is 0.0690. The monoisotopic (exact) mass is 384 g/mol. The first-order valence-electron chi connectivity index (χ1n) is 9.03. The number of rotatable bonds is 2. The number of carbonyl (C=O) groups excluding carboxylic acids is 1. The molecule has 1 fully saturated rings. The molecule has 1 saturated heterocycles. The number of nitrogens with zero attached hydrogens (tertiary/aromatic N) is 6. The van der Waals surface area contributed by atoms with Crippen LogP contribution in [-0.2, 0) is 14.1 Å². The molecule has 0 aliphatic carbocycles. The first-order chi connectivity index (χ1) is 13.4. The Labute approximate surface area is 159 Å². The summed E-state index contributed by atoms with van der Waals surface area (Å²) < 4.78 is 7.55. The minimum absolute atomic E-state index is 0.0176. The number of aryl methyl sites for hydroxylation is 2. The van der Waals surface area contributed by atoms with E-state index in [9.17, 15) is 14.4 Å². The molecule has 10 nitrogen and oxygen atoms in total. The SMILES string of the molecule is Cc1noc(C2CCCN(C(=O)c3ccc4c(=O)n(C)c(=O)n(C)c4n3)C2)n1. The topological polar surface area (TPSA) is 116 Å². The molecule has 146 valence electrons. The lowest BCUT2D eigenvalue weighted by Crippen LogP contribution is -2.40. The summed E-state index contributed by atoms with van der Waals surface area (Å²) in [5.74, 6) is 0.830. The maximum Gasteiger partial charge on any atom is 0.332 e. The number of amides is 1. The van der Waals surface area contributed by atoms with Gasteiger partial charge >= 0.3 is 5.69 Å². The molecule has 0 aromatic carbocycles. The number of aromatic nitrogens is 5. The fourth-order valence-corrected chi connectivity index (χ4v) is 3.58. The van der Waals surface area contributed by atoms with Gasteiger partial charge in [-0.15, -0.1) is 0 Å². The number of pyridine rings is 1. The summed E-state index contributed by atoms with van der Waals surface area (Å²) in [4.78, 5) is 47.7. The third kappa shape index (κ3) is 2.90. The van der Waals surface area contributed by atoms with Gasteiger partial charge in [0.05, 0.1) is 11.3 Å². The molecular formula is C18H20N6O4. The first-order valence-corrected chi connectivity index (χ1v) is 9.03. The van der Waals surface area contributed by atoms with Gasteiger partial charge in [0.2, 0.25) is 5.89 Å². The van der Waals surface area contributed by atoms with Crippen molar-refractivity contribution in [3.05, 3.63) is 50.4 Å². The van der Waals surface area contributed by atoms with Crippen LogP contribution in [0, 0.1) is 6.92 Å². The van der Waals surface area contributed by atoms with Crippen LogP contribution < -0.4 is 11.2 Å². The van der Waals surface area contributed by atoms with E-state index in [2.05, 4.69) is 15.1 Å². The standard InChI is InChI=1S/C18H20N6O4/c1-10-19-15(28-21-10)11-5-4-8-24(9-11)17(26)13-7-6-12-14(20-13)22(2)18(27)23(3)16(12)25/h6-7,11H,4-5,8-9H2,1-3H3. The van der Waals surface area contributed by atoms with Crippen LogP contribution in [0.5, 0.6) is 0 Å². The predicted octanol–water partition coefficient (Wildman–Crippen LogP) is 0.343. The summed E-state index contributed by atoms with van der Waals surface area (Å²) >= 11 is 0. The van der Waals surface area contributed by atoms with Gasteiger partial charge in [0, 0.05) is 27.2 Å². The van der Waals surface area contributed by atoms with Gasteiger partial charge in [-0.1, -0.05) is 5.16 Å². The van der Waals surface area contributed by atoms with Gasteiger partial charge < -0.3 is 9.42 Å². The summed E-state index contributed by atoms with van der Waals surface area (Å²) in [6.45, 7) is 2.81. The summed E-state index contributed by atoms with van der Waals surface area (Å²) in [6, 6.07) is 3.07. The van der Waals surface area contributed by atoms with Crippen LogP contribution >= 0.6 is 0 Å². The van der Waals surface area contributed by atoms with Crippen molar-refractivity contribution in [2.45, 2.75) is 25.7 Å². The molecule has 1 aliphatic heterocycles. The van der Waals surface area contributed by atoms with Crippen molar-refractivity contribution in [2.75, 3.05) is 13.1 Å². The third-order valence-electron chi connectivity index (χ3n) is 5.12. The maximum absolute atomic E-state index is 13.0. The summed E-state index contributed by atoms with van der Waals surface area (Å²) in [5.41, 5.74) is -0.535. The Kier molecular flexibility index (Phi) is 4.33. The smallest absolute Gasteiger partial charge is 0.332 e. The van der Waals surface area contributed by atoms with E-state index in [1.54, 1.807) is 17.9 Å². The van der Waals surface area contributed by atoms with E-state index < -0.39 is 11.2 Å². The third-order valence-corrected chi connectivity index (χ3v) is 5.12. The van der Waals surface area contributed by atoms with Crippen LogP contribution in [-0.4, -0.2) is 48.2 Å². The molecule has 4 heterocycles. The number of fused-ring (bicyclic) bond motifs is 1. The number of carbonyl (C=O) groups is 1. The number of piperidine rings is 1. The molecule has 4 rings (SSSR count). The Morgan fingerprint density at radius 3 is 2.68 bits per heavy atom. The summed E-state index contributed by atoms with van der Waals surface area (Å²) in [7, 11) is 2.94. The average Bonchev–Trinajstić information content (AvgIpc) is 3.16. The van der Waals surface area contributed by atoms with Crippen molar-refractivity contribution in [3.8, 4) is 0 Å². The van der Waals surface area contributed by atoms with E-state index in [0.717, 1.165) is 17.4 Å². The lowest BCUT2D eigenvalue weighted by atomic mass is 9.97. The molecule has 10 heteroatoms. The minimum atomic E-state index is -0.487. The van der Waals surface area contributed by atoms with Gasteiger partial charge in [-0.2, -0.15) is 4.98 Å². The van der Waals surface area contributed by atoms with Crippen LogP contribution in [0.3, 0.4) is 0 Å². The van der Waals surface area contributed by atoms with E-state index in [0.29, 0.717) is 30.2 Å². The Morgan fingerprint density at radius 1 is 1.18 bits per heavy atom. The van der Waals surface area contributed by atoms with E-state index in [-0.39, 0.29) is 23.2 Å². The Balaban J connectivity index is 1.67. The predicted molar refractivity (Wildman–Crippen MR) is 99.1 cm³/mol. The molecule has 3 aromatic heterocycles. The second-order valence-electron chi connectivity index (χ2n) is 7.04. The second kappa shape index (κ2) is 6.70. The Hall–Kier alpha value is -3.30. The Morgan fingerprint density at radius 2 is 1.96 bits per heavy atom. The largest absolute Gasteiger partial charge is 0.339 e.